The number of nitrogens with zero attached hydrogens (tertiary/aromatic N) is 3. The minimum absolute atomic E-state index is 0.0514. The number of nitrogens with two attached hydrogens (primary N) is 1. The normalized spacial score (nSPS) is 30.8. The molecule has 0 saturated carbocycles. The number of rotatable bonds is 5. The zero-order valence-corrected chi connectivity index (χ0v) is 14.4. The number of hydrogen-bond acceptors (Lipinski definition) is 4. The van der Waals surface area contributed by atoms with Crippen LogP contribution in [0.3, 0.4) is 0 Å². The van der Waals surface area contributed by atoms with Crippen LogP contribution in [-0.4, -0.2) is 47.5 Å². The zero-order chi connectivity index (χ0) is 15.0. The number of hydrogen-bond donors (Lipinski definition) is 1. The van der Waals surface area contributed by atoms with E-state index in [0.717, 1.165) is 16.7 Å². The summed E-state index contributed by atoms with van der Waals surface area (Å²) in [6.07, 6.45) is 6.92. The van der Waals surface area contributed by atoms with E-state index < -0.39 is 0 Å². The van der Waals surface area contributed by atoms with Crippen molar-refractivity contribution >= 4 is 15.9 Å². The van der Waals surface area contributed by atoms with Crippen LogP contribution >= 0.6 is 15.9 Å². The van der Waals surface area contributed by atoms with Gasteiger partial charge in [-0.25, -0.2) is 0 Å². The summed E-state index contributed by atoms with van der Waals surface area (Å²) in [6.45, 7) is 1.41. The molecule has 1 aromatic heterocycles. The molecule has 5 nitrogen and oxygen atoms in total. The van der Waals surface area contributed by atoms with Crippen LogP contribution in [0.15, 0.2) is 10.7 Å². The van der Waals surface area contributed by atoms with Gasteiger partial charge in [0.1, 0.15) is 0 Å². The minimum atomic E-state index is 0.0514. The highest BCUT2D eigenvalue weighted by molar-refractivity contribution is 9.10. The highest BCUT2D eigenvalue weighted by Crippen LogP contribution is 2.42. The molecule has 2 N–H and O–H groups in total. The fourth-order valence-corrected chi connectivity index (χ4v) is 4.59. The van der Waals surface area contributed by atoms with E-state index >= 15 is 0 Å². The van der Waals surface area contributed by atoms with E-state index in [4.69, 9.17) is 10.5 Å². The smallest absolute Gasteiger partial charge is 0.0697 e. The number of methoxy groups -OCH3 is 1. The quantitative estimate of drug-likeness (QED) is 0.878. The van der Waals surface area contributed by atoms with Crippen LogP contribution in [0.2, 0.25) is 0 Å². The average Bonchev–Trinajstić information content (AvgIpc) is 2.91. The fourth-order valence-electron chi connectivity index (χ4n) is 4.03. The molecule has 2 bridgehead atoms. The summed E-state index contributed by atoms with van der Waals surface area (Å²) in [5.41, 5.74) is 7.76. The first-order valence-electron chi connectivity index (χ1n) is 7.79. The molecular weight excluding hydrogens is 332 g/mol. The van der Waals surface area contributed by atoms with Gasteiger partial charge in [-0.1, -0.05) is 0 Å². The van der Waals surface area contributed by atoms with E-state index in [0.29, 0.717) is 24.6 Å². The Kier molecular flexibility index (Phi) is 4.69. The van der Waals surface area contributed by atoms with Gasteiger partial charge in [0.2, 0.25) is 0 Å². The van der Waals surface area contributed by atoms with Crippen molar-refractivity contribution in [2.75, 3.05) is 20.8 Å². The Bertz CT molecular complexity index is 478. The minimum Gasteiger partial charge on any atom is -0.383 e. The average molecular weight is 357 g/mol. The van der Waals surface area contributed by atoms with Gasteiger partial charge < -0.3 is 15.4 Å². The Morgan fingerprint density at radius 1 is 1.43 bits per heavy atom. The summed E-state index contributed by atoms with van der Waals surface area (Å²) >= 11 is 3.62. The van der Waals surface area contributed by atoms with Gasteiger partial charge in [0, 0.05) is 19.2 Å². The topological polar surface area (TPSA) is 56.3 Å². The van der Waals surface area contributed by atoms with E-state index in [2.05, 4.69) is 33.0 Å². The molecule has 0 amide bonds. The van der Waals surface area contributed by atoms with Crippen molar-refractivity contribution in [3.63, 3.8) is 0 Å². The van der Waals surface area contributed by atoms with Gasteiger partial charge in [-0.3, -0.25) is 4.68 Å². The SMILES string of the molecule is COCCn1ncc(Br)c1C(N)C1CC2CCC(C1)N2C. The molecule has 3 atom stereocenters. The molecule has 3 unspecified atom stereocenters. The van der Waals surface area contributed by atoms with E-state index in [-0.39, 0.29) is 6.04 Å². The Labute approximate surface area is 134 Å². The summed E-state index contributed by atoms with van der Waals surface area (Å²) in [7, 11) is 3.98. The summed E-state index contributed by atoms with van der Waals surface area (Å²) in [6, 6.07) is 1.48. The summed E-state index contributed by atoms with van der Waals surface area (Å²) in [4.78, 5) is 2.56. The zero-order valence-electron chi connectivity index (χ0n) is 12.8. The van der Waals surface area contributed by atoms with Crippen molar-refractivity contribution in [3.05, 3.63) is 16.4 Å². The Morgan fingerprint density at radius 3 is 2.71 bits per heavy atom. The van der Waals surface area contributed by atoms with Gasteiger partial charge in [0.05, 0.1) is 35.6 Å². The van der Waals surface area contributed by atoms with E-state index in [9.17, 15) is 0 Å². The van der Waals surface area contributed by atoms with Crippen molar-refractivity contribution in [2.24, 2.45) is 11.7 Å². The predicted octanol–water partition coefficient (Wildman–Crippen LogP) is 2.16. The first-order chi connectivity index (χ1) is 10.1. The molecule has 6 heteroatoms. The molecular formula is C15H25BrN4O. The van der Waals surface area contributed by atoms with Crippen LogP contribution < -0.4 is 5.73 Å². The molecule has 2 aliphatic heterocycles. The van der Waals surface area contributed by atoms with Gasteiger partial charge in [-0.05, 0) is 54.6 Å². The van der Waals surface area contributed by atoms with Gasteiger partial charge in [0.15, 0.2) is 0 Å². The van der Waals surface area contributed by atoms with Gasteiger partial charge in [-0.2, -0.15) is 5.10 Å². The summed E-state index contributed by atoms with van der Waals surface area (Å²) in [5, 5.41) is 4.44. The molecule has 1 aromatic rings. The molecule has 0 aromatic carbocycles. The lowest BCUT2D eigenvalue weighted by atomic mass is 9.84. The third-order valence-electron chi connectivity index (χ3n) is 5.30. The van der Waals surface area contributed by atoms with Crippen molar-refractivity contribution in [2.45, 2.75) is 50.4 Å². The maximum atomic E-state index is 6.64. The highest BCUT2D eigenvalue weighted by atomic mass is 79.9. The van der Waals surface area contributed by atoms with Crippen molar-refractivity contribution in [1.29, 1.82) is 0 Å². The molecule has 2 fully saturated rings. The second-order valence-electron chi connectivity index (χ2n) is 6.40. The maximum absolute atomic E-state index is 6.64. The van der Waals surface area contributed by atoms with Crippen LogP contribution in [0.4, 0.5) is 0 Å². The number of ether oxygens (including phenoxy) is 1. The number of piperidine rings is 1. The van der Waals surface area contributed by atoms with Crippen LogP contribution in [0, 0.1) is 5.92 Å². The second kappa shape index (κ2) is 6.36. The van der Waals surface area contributed by atoms with Gasteiger partial charge in [-0.15, -0.1) is 0 Å². The van der Waals surface area contributed by atoms with Crippen molar-refractivity contribution in [3.8, 4) is 0 Å². The largest absolute Gasteiger partial charge is 0.383 e. The van der Waals surface area contributed by atoms with E-state index in [1.165, 1.54) is 25.7 Å². The lowest BCUT2D eigenvalue weighted by Crippen LogP contribution is -2.43. The highest BCUT2D eigenvalue weighted by Gasteiger charge is 2.41. The number of fused-ring (bicyclic) bond motifs is 2. The predicted molar refractivity (Wildman–Crippen MR) is 86.0 cm³/mol. The lowest BCUT2D eigenvalue weighted by Gasteiger charge is -2.39. The molecule has 21 heavy (non-hydrogen) atoms. The maximum Gasteiger partial charge on any atom is 0.0697 e. The fraction of sp³-hybridized carbons (Fsp3) is 0.800. The summed E-state index contributed by atoms with van der Waals surface area (Å²) < 4.78 is 8.19. The summed E-state index contributed by atoms with van der Waals surface area (Å²) in [5.74, 6) is 0.549. The molecule has 2 saturated heterocycles. The standard InChI is InChI=1S/C15H25BrN4O/c1-19-11-3-4-12(19)8-10(7-11)14(17)15-13(16)9-18-20(15)5-6-21-2/h9-12,14H,3-8,17H2,1-2H3. The third-order valence-corrected chi connectivity index (χ3v) is 5.91. The Hall–Kier alpha value is -0.430. The molecule has 0 aliphatic carbocycles. The third kappa shape index (κ3) is 2.91. The van der Waals surface area contributed by atoms with Crippen LogP contribution in [0.25, 0.3) is 0 Å². The van der Waals surface area contributed by atoms with E-state index in [1.54, 1.807) is 7.11 Å². The Morgan fingerprint density at radius 2 is 2.10 bits per heavy atom. The van der Waals surface area contributed by atoms with Crippen LogP contribution in [0.1, 0.15) is 37.4 Å². The lowest BCUT2D eigenvalue weighted by molar-refractivity contribution is 0.118. The molecule has 3 rings (SSSR count). The van der Waals surface area contributed by atoms with E-state index in [1.807, 2.05) is 10.9 Å². The Balaban J connectivity index is 1.76. The number of halogens is 1. The molecule has 0 spiro atoms. The number of aromatic nitrogens is 2. The van der Waals surface area contributed by atoms with Crippen LogP contribution in [0.5, 0.6) is 0 Å². The first-order valence-corrected chi connectivity index (χ1v) is 8.58. The molecule has 118 valence electrons. The molecule has 3 heterocycles. The van der Waals surface area contributed by atoms with Crippen LogP contribution in [-0.2, 0) is 11.3 Å². The van der Waals surface area contributed by atoms with Crippen molar-refractivity contribution < 1.29 is 4.74 Å². The van der Waals surface area contributed by atoms with Crippen molar-refractivity contribution in [1.82, 2.24) is 14.7 Å². The molecule has 2 aliphatic rings. The first kappa shape index (κ1) is 15.5. The van der Waals surface area contributed by atoms with Gasteiger partial charge in [0.25, 0.3) is 0 Å². The molecule has 0 radical (unpaired) electrons. The monoisotopic (exact) mass is 356 g/mol. The van der Waals surface area contributed by atoms with Gasteiger partial charge >= 0.3 is 0 Å². The second-order valence-corrected chi connectivity index (χ2v) is 7.26.